The van der Waals surface area contributed by atoms with E-state index in [1.807, 2.05) is 11.8 Å². The second-order valence-corrected chi connectivity index (χ2v) is 11.8. The summed E-state index contributed by atoms with van der Waals surface area (Å²) in [6.07, 6.45) is -5.25. The van der Waals surface area contributed by atoms with E-state index in [4.69, 9.17) is 16.3 Å². The van der Waals surface area contributed by atoms with Crippen molar-refractivity contribution in [3.63, 3.8) is 0 Å². The highest BCUT2D eigenvalue weighted by Gasteiger charge is 2.36. The number of hydrogen-bond donors (Lipinski definition) is 0. The summed E-state index contributed by atoms with van der Waals surface area (Å²) < 4.78 is 63.5. The Kier molecular flexibility index (Phi) is 7.89. The van der Waals surface area contributed by atoms with Crippen molar-refractivity contribution in [2.24, 2.45) is 0 Å². The minimum atomic E-state index is -4.77. The molecule has 1 atom stereocenters. The molecule has 0 saturated carbocycles. The van der Waals surface area contributed by atoms with E-state index in [0.717, 1.165) is 10.6 Å². The Morgan fingerprint density at radius 3 is 2.33 bits per heavy atom. The van der Waals surface area contributed by atoms with Crippen LogP contribution < -0.4 is 10.6 Å². The molecule has 0 radical (unpaired) electrons. The highest BCUT2D eigenvalue weighted by molar-refractivity contribution is 6.34. The van der Waals surface area contributed by atoms with Gasteiger partial charge >= 0.3 is 18.0 Å². The van der Waals surface area contributed by atoms with Gasteiger partial charge < -0.3 is 14.5 Å². The minimum absolute atomic E-state index is 0.0659. The number of para-hydroxylation sites is 1. The Morgan fingerprint density at radius 2 is 1.67 bits per heavy atom. The molecule has 0 bridgehead atoms. The van der Waals surface area contributed by atoms with Gasteiger partial charge in [-0.05, 0) is 58.0 Å². The number of alkyl halides is 3. The number of rotatable bonds is 3. The molecule has 7 nitrogen and oxygen atoms in total. The molecule has 12 heteroatoms. The first-order valence-electron chi connectivity index (χ1n) is 13.6. The van der Waals surface area contributed by atoms with E-state index in [9.17, 15) is 27.2 Å². The van der Waals surface area contributed by atoms with Crippen molar-refractivity contribution in [1.82, 2.24) is 14.5 Å². The largest absolute Gasteiger partial charge is 0.444 e. The lowest BCUT2D eigenvalue weighted by atomic mass is 10.0. The van der Waals surface area contributed by atoms with E-state index in [0.29, 0.717) is 5.39 Å². The maximum Gasteiger partial charge on any atom is 0.418 e. The lowest BCUT2D eigenvalue weighted by molar-refractivity contribution is -0.137. The molecule has 3 aromatic carbocycles. The number of aromatic nitrogens is 2. The number of ether oxygens (including phenoxy) is 1. The number of fused-ring (bicyclic) bond motifs is 1. The van der Waals surface area contributed by atoms with Crippen LogP contribution in [0.25, 0.3) is 27.7 Å². The number of piperazine rings is 1. The van der Waals surface area contributed by atoms with Crippen LogP contribution in [0, 0.1) is 5.82 Å². The van der Waals surface area contributed by atoms with Gasteiger partial charge in [0.15, 0.2) is 0 Å². The summed E-state index contributed by atoms with van der Waals surface area (Å²) >= 11 is 6.68. The summed E-state index contributed by atoms with van der Waals surface area (Å²) in [7, 11) is 0. The lowest BCUT2D eigenvalue weighted by Gasteiger charge is -2.41. The third kappa shape index (κ3) is 6.04. The Labute approximate surface area is 250 Å². The van der Waals surface area contributed by atoms with Crippen LogP contribution in [0.3, 0.4) is 0 Å². The van der Waals surface area contributed by atoms with Gasteiger partial charge in [0.1, 0.15) is 17.2 Å². The molecule has 226 valence electrons. The second-order valence-electron chi connectivity index (χ2n) is 11.4. The van der Waals surface area contributed by atoms with Crippen LogP contribution in [-0.4, -0.2) is 51.8 Å². The van der Waals surface area contributed by atoms with Crippen molar-refractivity contribution in [3.8, 4) is 16.8 Å². The van der Waals surface area contributed by atoms with Crippen LogP contribution >= 0.6 is 11.6 Å². The highest BCUT2D eigenvalue weighted by atomic mass is 35.5. The van der Waals surface area contributed by atoms with Crippen molar-refractivity contribution >= 4 is 34.4 Å². The normalized spacial score (nSPS) is 16.1. The molecular weight excluding hydrogens is 588 g/mol. The molecule has 5 rings (SSSR count). The Morgan fingerprint density at radius 1 is 1.00 bits per heavy atom. The monoisotopic (exact) mass is 616 g/mol. The molecule has 1 saturated heterocycles. The lowest BCUT2D eigenvalue weighted by Crippen LogP contribution is -2.55. The molecule has 0 aliphatic carbocycles. The Hall–Kier alpha value is -4.12. The summed E-state index contributed by atoms with van der Waals surface area (Å²) in [6, 6.07) is 13.1. The molecule has 1 aliphatic heterocycles. The number of halogens is 5. The van der Waals surface area contributed by atoms with Gasteiger partial charge in [0.2, 0.25) is 0 Å². The third-order valence-electron chi connectivity index (χ3n) is 7.13. The molecule has 2 heterocycles. The van der Waals surface area contributed by atoms with Gasteiger partial charge in [-0.25, -0.2) is 14.0 Å². The van der Waals surface area contributed by atoms with Crippen LogP contribution in [-0.2, 0) is 10.9 Å². The zero-order valence-corrected chi connectivity index (χ0v) is 24.6. The Balaban J connectivity index is 1.71. The zero-order valence-electron chi connectivity index (χ0n) is 23.9. The minimum Gasteiger partial charge on any atom is -0.444 e. The second kappa shape index (κ2) is 11.2. The number of benzene rings is 3. The van der Waals surface area contributed by atoms with Crippen molar-refractivity contribution in [2.45, 2.75) is 45.5 Å². The molecule has 1 unspecified atom stereocenters. The molecule has 1 aliphatic rings. The fourth-order valence-corrected chi connectivity index (χ4v) is 5.51. The number of anilines is 1. The van der Waals surface area contributed by atoms with E-state index in [1.165, 1.54) is 48.5 Å². The van der Waals surface area contributed by atoms with Crippen LogP contribution in [0.2, 0.25) is 5.02 Å². The van der Waals surface area contributed by atoms with Crippen molar-refractivity contribution < 1.29 is 27.1 Å². The first-order chi connectivity index (χ1) is 20.2. The third-order valence-corrected chi connectivity index (χ3v) is 7.44. The highest BCUT2D eigenvalue weighted by Crippen LogP contribution is 2.39. The molecule has 1 aromatic heterocycles. The number of carbonyl (C=O) groups excluding carboxylic acids is 1. The Bertz CT molecular complexity index is 1770. The van der Waals surface area contributed by atoms with E-state index in [1.54, 1.807) is 31.7 Å². The van der Waals surface area contributed by atoms with Gasteiger partial charge in [-0.1, -0.05) is 41.9 Å². The van der Waals surface area contributed by atoms with Crippen LogP contribution in [0.15, 0.2) is 65.5 Å². The summed E-state index contributed by atoms with van der Waals surface area (Å²) in [5.41, 5.74) is -2.71. The van der Waals surface area contributed by atoms with Gasteiger partial charge in [-0.15, -0.1) is 0 Å². The van der Waals surface area contributed by atoms with Gasteiger partial charge in [-0.3, -0.25) is 4.57 Å². The SMILES string of the molecule is CC1CN(C(=O)OC(C)(C)C)CCN1c1nc(=O)n(-c2ccccc2C(F)(F)F)c2cc(-c3ccccc3F)c(Cl)cc12. The molecule has 1 fully saturated rings. The van der Waals surface area contributed by atoms with E-state index in [2.05, 4.69) is 4.98 Å². The molecule has 4 aromatic rings. The number of carbonyl (C=O) groups is 1. The summed E-state index contributed by atoms with van der Waals surface area (Å²) in [5.74, 6) is -0.395. The smallest absolute Gasteiger partial charge is 0.418 e. The number of nitrogens with zero attached hydrogens (tertiary/aromatic N) is 4. The standard InChI is InChI=1S/C31H29ClF4N4O3/c1-18-17-38(29(42)43-30(2,3)4)13-14-39(18)27-21-15-23(32)20(19-9-5-7-11-24(19)33)16-26(21)40(28(41)37-27)25-12-8-6-10-22(25)31(34,35)36/h5-12,15-16,18H,13-14,17H2,1-4H3. The predicted octanol–water partition coefficient (Wildman–Crippen LogP) is 7.31. The van der Waals surface area contributed by atoms with Gasteiger partial charge in [0.25, 0.3) is 0 Å². The number of hydrogen-bond acceptors (Lipinski definition) is 5. The topological polar surface area (TPSA) is 67.7 Å². The molecule has 1 amide bonds. The van der Waals surface area contributed by atoms with Gasteiger partial charge in [0, 0.05) is 47.2 Å². The molecular formula is C31H29ClF4N4O3. The molecule has 0 N–H and O–H groups in total. The maximum atomic E-state index is 14.9. The fourth-order valence-electron chi connectivity index (χ4n) is 5.24. The van der Waals surface area contributed by atoms with E-state index < -0.39 is 40.6 Å². The molecule has 0 spiro atoms. The summed E-state index contributed by atoms with van der Waals surface area (Å²) in [6.45, 7) is 7.91. The first-order valence-corrected chi connectivity index (χ1v) is 14.0. The fraction of sp³-hybridized carbons (Fsp3) is 0.323. The maximum absolute atomic E-state index is 14.9. The quantitative estimate of drug-likeness (QED) is 0.226. The summed E-state index contributed by atoms with van der Waals surface area (Å²) in [5, 5.41) is 0.411. The van der Waals surface area contributed by atoms with E-state index in [-0.39, 0.29) is 53.2 Å². The van der Waals surface area contributed by atoms with Crippen LogP contribution in [0.4, 0.5) is 28.2 Å². The van der Waals surface area contributed by atoms with Crippen LogP contribution in [0.5, 0.6) is 0 Å². The van der Waals surface area contributed by atoms with Gasteiger partial charge in [-0.2, -0.15) is 18.2 Å². The summed E-state index contributed by atoms with van der Waals surface area (Å²) in [4.78, 5) is 34.0. The van der Waals surface area contributed by atoms with Crippen molar-refractivity contribution in [3.05, 3.63) is 87.6 Å². The average Bonchev–Trinajstić information content (AvgIpc) is 2.92. The van der Waals surface area contributed by atoms with Crippen molar-refractivity contribution in [2.75, 3.05) is 24.5 Å². The van der Waals surface area contributed by atoms with Crippen molar-refractivity contribution in [1.29, 1.82) is 0 Å². The first kappa shape index (κ1) is 30.3. The number of amides is 1. The van der Waals surface area contributed by atoms with E-state index >= 15 is 0 Å². The molecule has 43 heavy (non-hydrogen) atoms. The average molecular weight is 617 g/mol. The van der Waals surface area contributed by atoms with Crippen LogP contribution in [0.1, 0.15) is 33.3 Å². The zero-order chi connectivity index (χ0) is 31.3. The van der Waals surface area contributed by atoms with Gasteiger partial charge in [0.05, 0.1) is 16.8 Å². The predicted molar refractivity (Wildman–Crippen MR) is 157 cm³/mol.